The molecule has 0 fully saturated rings. The van der Waals surface area contributed by atoms with Crippen LogP contribution in [0.1, 0.15) is 144 Å². The zero-order valence-corrected chi connectivity index (χ0v) is 45.2. The average Bonchev–Trinajstić information content (AvgIpc) is 3.67. The molecule has 1 N–H and O–H groups in total. The first-order valence-corrected chi connectivity index (χ1v) is 24.2. The van der Waals surface area contributed by atoms with Gasteiger partial charge in [0.1, 0.15) is 11.6 Å². The summed E-state index contributed by atoms with van der Waals surface area (Å²) < 4.78 is 2.29. The van der Waals surface area contributed by atoms with E-state index >= 15 is 0 Å². The van der Waals surface area contributed by atoms with Crippen LogP contribution in [-0.4, -0.2) is 19.6 Å². The Morgan fingerprint density at radius 3 is 1.81 bits per heavy atom. The van der Waals surface area contributed by atoms with Gasteiger partial charge in [0, 0.05) is 38.5 Å². The molecule has 8 aromatic rings. The number of phenolic OH excluding ortho intramolecular Hbond substituents is 1. The van der Waals surface area contributed by atoms with E-state index in [0.29, 0.717) is 5.82 Å². The second-order valence-corrected chi connectivity index (χ2v) is 22.9. The molecular weight excluding hydrogens is 1010 g/mol. The number of phenols is 1. The van der Waals surface area contributed by atoms with Crippen molar-refractivity contribution in [2.45, 2.75) is 132 Å². The molecule has 2 aromatic heterocycles. The number of aromatic nitrogens is 3. The monoisotopic (exact) mass is 1080 g/mol. The molecule has 68 heavy (non-hydrogen) atoms. The van der Waals surface area contributed by atoms with E-state index in [-0.39, 0.29) is 60.3 Å². The summed E-state index contributed by atoms with van der Waals surface area (Å²) in [4.78, 5) is 10.6. The molecule has 354 valence electrons. The normalized spacial score (nSPS) is 12.5. The average molecular weight is 1080 g/mol. The van der Waals surface area contributed by atoms with Gasteiger partial charge in [-0.2, -0.15) is 0 Å². The topological polar surface area (TPSA) is 50.9 Å². The van der Waals surface area contributed by atoms with Crippen LogP contribution in [0.5, 0.6) is 5.75 Å². The van der Waals surface area contributed by atoms with Crippen molar-refractivity contribution in [3.05, 3.63) is 167 Å². The molecular formula is C63H70N3OPt-. The number of hydrogen-bond donors (Lipinski definition) is 1. The number of rotatable bonds is 9. The molecule has 0 aliphatic rings. The molecule has 0 unspecified atom stereocenters. The Bertz CT molecular complexity index is 3100. The van der Waals surface area contributed by atoms with E-state index in [2.05, 4.69) is 242 Å². The third-order valence-electron chi connectivity index (χ3n) is 14.4. The molecule has 6 aromatic carbocycles. The van der Waals surface area contributed by atoms with Crippen LogP contribution in [0, 0.1) is 11.5 Å². The summed E-state index contributed by atoms with van der Waals surface area (Å²) in [5, 5.41) is 12.4. The molecule has 5 heteroatoms. The molecule has 0 aliphatic heterocycles. The number of benzene rings is 6. The number of fused-ring (bicyclic) bond motifs is 1. The predicted molar refractivity (Wildman–Crippen MR) is 285 cm³/mol. The van der Waals surface area contributed by atoms with Crippen molar-refractivity contribution in [2.24, 2.45) is 5.41 Å². The van der Waals surface area contributed by atoms with Crippen molar-refractivity contribution >= 4 is 11.0 Å². The Kier molecular flexibility index (Phi) is 13.9. The second-order valence-electron chi connectivity index (χ2n) is 22.9. The molecule has 0 saturated heterocycles. The molecule has 0 atom stereocenters. The fraction of sp³-hybridized carbons (Fsp3) is 0.333. The number of imidazole rings is 1. The second kappa shape index (κ2) is 18.7. The standard InChI is InChI=1S/C63H70N3O.Pt/c1-39(2)44-35-51(40(3)4)58(67)53(36-44)59-65-57-50(22-19-23-56(57)66(59)55-29-28-48(63(14,15)62(11,12)13)38-52(55)42-20-17-16-18-21-42)45-32-46(34-49(33-45)61(8,9)10)54-37-43(30-31-64-54)41-24-26-47(27-25-41)60(5,6)7;/h16-31,33-40,67H,1-15H3;/q-1;. The van der Waals surface area contributed by atoms with Gasteiger partial charge in [-0.25, -0.2) is 4.98 Å². The summed E-state index contributed by atoms with van der Waals surface area (Å²) in [5.41, 5.74) is 17.3. The van der Waals surface area contributed by atoms with Crippen molar-refractivity contribution in [3.8, 4) is 67.5 Å². The SMILES string of the molecule is CC(C)c1cc(-c2nc3c(-c4[c-]c(-c5cc(-c6ccc(C(C)(C)C)cc6)ccn5)cc(C(C)(C)C)c4)cccc3n2-c2ccc(C(C)(C)C(C)(C)C)cc2-c2ccccc2)c(O)c(C(C)C)c1.[Pt]. The van der Waals surface area contributed by atoms with Crippen molar-refractivity contribution < 1.29 is 26.2 Å². The van der Waals surface area contributed by atoms with Gasteiger partial charge in [-0.1, -0.05) is 200 Å². The Morgan fingerprint density at radius 2 is 1.19 bits per heavy atom. The summed E-state index contributed by atoms with van der Waals surface area (Å²) in [7, 11) is 0. The minimum absolute atomic E-state index is 0. The van der Waals surface area contributed by atoms with Crippen LogP contribution in [0.25, 0.3) is 72.7 Å². The summed E-state index contributed by atoms with van der Waals surface area (Å²) in [6.07, 6.45) is 1.91. The fourth-order valence-electron chi connectivity index (χ4n) is 8.97. The Labute approximate surface area is 421 Å². The predicted octanol–water partition coefficient (Wildman–Crippen LogP) is 17.4. The molecule has 0 saturated carbocycles. The number of para-hydroxylation sites is 1. The van der Waals surface area contributed by atoms with Crippen molar-refractivity contribution in [1.29, 1.82) is 0 Å². The van der Waals surface area contributed by atoms with E-state index in [1.807, 2.05) is 6.20 Å². The van der Waals surface area contributed by atoms with Crippen LogP contribution < -0.4 is 0 Å². The van der Waals surface area contributed by atoms with Crippen molar-refractivity contribution in [2.75, 3.05) is 0 Å². The van der Waals surface area contributed by atoms with Crippen molar-refractivity contribution in [3.63, 3.8) is 0 Å². The number of aromatic hydroxyl groups is 1. The zero-order chi connectivity index (χ0) is 48.4. The van der Waals surface area contributed by atoms with E-state index in [4.69, 9.17) is 9.97 Å². The van der Waals surface area contributed by atoms with Crippen molar-refractivity contribution in [1.82, 2.24) is 14.5 Å². The van der Waals surface area contributed by atoms with Crippen LogP contribution in [0.3, 0.4) is 0 Å². The third-order valence-corrected chi connectivity index (χ3v) is 14.4. The summed E-state index contributed by atoms with van der Waals surface area (Å²) in [5.74, 6) is 1.31. The first kappa shape index (κ1) is 50.3. The van der Waals surface area contributed by atoms with Gasteiger partial charge in [-0.15, -0.1) is 29.3 Å². The molecule has 8 rings (SSSR count). The van der Waals surface area contributed by atoms with E-state index in [1.54, 1.807) is 0 Å². The molecule has 0 amide bonds. The first-order chi connectivity index (χ1) is 31.4. The summed E-state index contributed by atoms with van der Waals surface area (Å²) in [6.45, 7) is 33.9. The van der Waals surface area contributed by atoms with Gasteiger partial charge in [-0.3, -0.25) is 9.55 Å². The van der Waals surface area contributed by atoms with Gasteiger partial charge in [0.05, 0.1) is 22.3 Å². The minimum atomic E-state index is -0.166. The maximum absolute atomic E-state index is 12.4. The summed E-state index contributed by atoms with van der Waals surface area (Å²) >= 11 is 0. The van der Waals surface area contributed by atoms with E-state index in [0.717, 1.165) is 78.0 Å². The molecule has 4 nitrogen and oxygen atoms in total. The van der Waals surface area contributed by atoms with Gasteiger partial charge in [0.2, 0.25) is 0 Å². The van der Waals surface area contributed by atoms with Gasteiger partial charge >= 0.3 is 0 Å². The van der Waals surface area contributed by atoms with E-state index < -0.39 is 0 Å². The van der Waals surface area contributed by atoms with Gasteiger partial charge in [-0.05, 0) is 103 Å². The Hall–Kier alpha value is -5.57. The molecule has 0 bridgehead atoms. The molecule has 0 radical (unpaired) electrons. The van der Waals surface area contributed by atoms with Gasteiger partial charge < -0.3 is 5.11 Å². The fourth-order valence-corrected chi connectivity index (χ4v) is 8.97. The molecule has 2 heterocycles. The van der Waals surface area contributed by atoms with E-state index in [1.165, 1.54) is 16.7 Å². The third kappa shape index (κ3) is 9.69. The minimum Gasteiger partial charge on any atom is -0.507 e. The maximum atomic E-state index is 12.4. The first-order valence-electron chi connectivity index (χ1n) is 24.2. The van der Waals surface area contributed by atoms with Crippen LogP contribution in [0.4, 0.5) is 0 Å². The van der Waals surface area contributed by atoms with Crippen LogP contribution in [0.2, 0.25) is 0 Å². The number of nitrogens with zero attached hydrogens (tertiary/aromatic N) is 3. The zero-order valence-electron chi connectivity index (χ0n) is 43.0. The molecule has 0 spiro atoms. The number of pyridine rings is 1. The Morgan fingerprint density at radius 1 is 0.544 bits per heavy atom. The van der Waals surface area contributed by atoms with E-state index in [9.17, 15) is 5.11 Å². The Balaban J connectivity index is 0.00000684. The molecule has 0 aliphatic carbocycles. The quantitative estimate of drug-likeness (QED) is 0.147. The van der Waals surface area contributed by atoms with Crippen LogP contribution in [0.15, 0.2) is 134 Å². The maximum Gasteiger partial charge on any atom is 0.148 e. The largest absolute Gasteiger partial charge is 0.507 e. The number of hydrogen-bond acceptors (Lipinski definition) is 3. The summed E-state index contributed by atoms with van der Waals surface area (Å²) in [6, 6.07) is 50.0. The van der Waals surface area contributed by atoms with Gasteiger partial charge in [0.15, 0.2) is 0 Å². The van der Waals surface area contributed by atoms with Crippen LogP contribution >= 0.6 is 0 Å². The van der Waals surface area contributed by atoms with Crippen LogP contribution in [-0.2, 0) is 37.3 Å². The smallest absolute Gasteiger partial charge is 0.148 e. The van der Waals surface area contributed by atoms with Gasteiger partial charge in [0.25, 0.3) is 0 Å².